The molecular formula is C34H36FN3O6. The topological polar surface area (TPSA) is 108 Å². The minimum Gasteiger partial charge on any atom is -0.481 e. The number of nitrogens with one attached hydrogen (secondary N) is 1. The number of anilines is 2. The van der Waals surface area contributed by atoms with Gasteiger partial charge in [-0.3, -0.25) is 19.3 Å². The van der Waals surface area contributed by atoms with E-state index in [4.69, 9.17) is 9.47 Å². The van der Waals surface area contributed by atoms with Crippen molar-refractivity contribution >= 4 is 29.2 Å². The first-order valence-electron chi connectivity index (χ1n) is 15.2. The first-order valence-corrected chi connectivity index (χ1v) is 15.2. The van der Waals surface area contributed by atoms with E-state index in [0.717, 1.165) is 41.8 Å². The van der Waals surface area contributed by atoms with Crippen LogP contribution in [0.15, 0.2) is 54.6 Å². The number of para-hydroxylation sites is 1. The highest BCUT2D eigenvalue weighted by Crippen LogP contribution is 2.48. The minimum atomic E-state index is -1.05. The molecule has 0 saturated carbocycles. The Morgan fingerprint density at radius 2 is 1.75 bits per heavy atom. The van der Waals surface area contributed by atoms with Crippen molar-refractivity contribution in [2.24, 2.45) is 5.92 Å². The molecule has 6 rings (SSSR count). The van der Waals surface area contributed by atoms with Crippen molar-refractivity contribution in [3.05, 3.63) is 82.7 Å². The highest BCUT2D eigenvalue weighted by molar-refractivity contribution is 5.95. The molecule has 3 aromatic rings. The van der Waals surface area contributed by atoms with E-state index >= 15 is 4.39 Å². The number of aryl methyl sites for hydroxylation is 2. The lowest BCUT2D eigenvalue weighted by molar-refractivity contribution is -0.143. The van der Waals surface area contributed by atoms with Gasteiger partial charge in [0.05, 0.1) is 12.5 Å². The number of hydrogen-bond acceptors (Lipinski definition) is 6. The Labute approximate surface area is 255 Å². The largest absolute Gasteiger partial charge is 0.481 e. The van der Waals surface area contributed by atoms with Crippen LogP contribution in [0.25, 0.3) is 0 Å². The van der Waals surface area contributed by atoms with E-state index in [1.165, 1.54) is 6.07 Å². The first kappa shape index (κ1) is 29.6. The third-order valence-electron chi connectivity index (χ3n) is 8.99. The summed E-state index contributed by atoms with van der Waals surface area (Å²) in [6.07, 6.45) is 2.80. The Kier molecular flexibility index (Phi) is 8.27. The summed E-state index contributed by atoms with van der Waals surface area (Å²) in [5.41, 5.74) is 4.77. The standard InChI is InChI=1S/C34H36FN3O6/c1-3-20-7-5-8-21(4-2)31(20)36-28(39)18-37-17-25(23-15-26(35)33-27(16-23)43-19-44-33)30(34(41)42)32(37)22-10-12-24(13-11-22)38-14-6-9-29(38)40/h5,7-8,10-13,15-16,25,30,32H,3-4,6,9,14,17-19H2,1-2H3,(H,36,39)(H,41,42)/t25-,30?,32+/m1/s1. The fourth-order valence-electron chi connectivity index (χ4n) is 6.87. The SMILES string of the molecule is CCc1cccc(CC)c1NC(=O)CN1C[C@H](c2cc(F)c3c(c2)OCO3)C(C(=O)O)[C@@H]1c1ccc(N2CCCC2=O)cc1. The Bertz CT molecular complexity index is 1570. The molecular weight excluding hydrogens is 565 g/mol. The van der Waals surface area contributed by atoms with Crippen LogP contribution in [0.4, 0.5) is 15.8 Å². The molecule has 0 bridgehead atoms. The molecule has 2 amide bonds. The molecule has 0 aliphatic carbocycles. The molecule has 10 heteroatoms. The van der Waals surface area contributed by atoms with Crippen molar-refractivity contribution in [2.45, 2.75) is 51.5 Å². The highest BCUT2D eigenvalue weighted by Gasteiger charge is 2.48. The maximum absolute atomic E-state index is 15.0. The molecule has 0 aromatic heterocycles. The zero-order chi connectivity index (χ0) is 31.0. The van der Waals surface area contributed by atoms with Gasteiger partial charge in [-0.2, -0.15) is 0 Å². The summed E-state index contributed by atoms with van der Waals surface area (Å²) in [4.78, 5) is 42.5. The second kappa shape index (κ2) is 12.3. The van der Waals surface area contributed by atoms with Crippen LogP contribution in [0.2, 0.25) is 0 Å². The zero-order valence-electron chi connectivity index (χ0n) is 24.8. The van der Waals surface area contributed by atoms with Crippen LogP contribution in [0.3, 0.4) is 0 Å². The number of benzene rings is 3. The number of rotatable bonds is 9. The van der Waals surface area contributed by atoms with Gasteiger partial charge in [0.2, 0.25) is 24.4 Å². The number of likely N-dealkylation sites (tertiary alicyclic amines) is 1. The minimum absolute atomic E-state index is 0.0137. The van der Waals surface area contributed by atoms with E-state index in [-0.39, 0.29) is 43.2 Å². The van der Waals surface area contributed by atoms with E-state index in [1.807, 2.05) is 61.2 Å². The summed E-state index contributed by atoms with van der Waals surface area (Å²) in [5.74, 6) is -3.24. The molecule has 3 aliphatic heterocycles. The van der Waals surface area contributed by atoms with Crippen molar-refractivity contribution in [1.82, 2.24) is 4.90 Å². The smallest absolute Gasteiger partial charge is 0.309 e. The van der Waals surface area contributed by atoms with Gasteiger partial charge >= 0.3 is 5.97 Å². The van der Waals surface area contributed by atoms with Crippen LogP contribution >= 0.6 is 0 Å². The zero-order valence-corrected chi connectivity index (χ0v) is 24.8. The average molecular weight is 602 g/mol. The van der Waals surface area contributed by atoms with Gasteiger partial charge in [0, 0.05) is 42.8 Å². The molecule has 2 N–H and O–H groups in total. The average Bonchev–Trinajstić information content (AvgIpc) is 3.76. The molecule has 230 valence electrons. The predicted octanol–water partition coefficient (Wildman–Crippen LogP) is 5.29. The van der Waals surface area contributed by atoms with Crippen LogP contribution in [-0.2, 0) is 27.2 Å². The van der Waals surface area contributed by atoms with Gasteiger partial charge in [0.1, 0.15) is 0 Å². The predicted molar refractivity (Wildman–Crippen MR) is 163 cm³/mol. The van der Waals surface area contributed by atoms with Gasteiger partial charge in [-0.15, -0.1) is 0 Å². The van der Waals surface area contributed by atoms with E-state index in [1.54, 1.807) is 11.0 Å². The van der Waals surface area contributed by atoms with Crippen molar-refractivity contribution in [2.75, 3.05) is 36.6 Å². The quantitative estimate of drug-likeness (QED) is 0.343. The Hall–Kier alpha value is -4.44. The van der Waals surface area contributed by atoms with E-state index in [2.05, 4.69) is 5.32 Å². The number of hydrogen-bond donors (Lipinski definition) is 2. The fourth-order valence-corrected chi connectivity index (χ4v) is 6.87. The van der Waals surface area contributed by atoms with E-state index < -0.39 is 29.7 Å². The molecule has 0 spiro atoms. The molecule has 3 heterocycles. The number of halogens is 1. The summed E-state index contributed by atoms with van der Waals surface area (Å²) >= 11 is 0. The normalized spacial score (nSPS) is 21.2. The van der Waals surface area contributed by atoms with Gasteiger partial charge in [-0.25, -0.2) is 4.39 Å². The van der Waals surface area contributed by atoms with Gasteiger partial charge < -0.3 is 24.8 Å². The van der Waals surface area contributed by atoms with Crippen LogP contribution in [0.5, 0.6) is 11.5 Å². The van der Waals surface area contributed by atoms with E-state index in [0.29, 0.717) is 24.1 Å². The number of amides is 2. The van der Waals surface area contributed by atoms with E-state index in [9.17, 15) is 19.5 Å². The lowest BCUT2D eigenvalue weighted by Gasteiger charge is -2.28. The summed E-state index contributed by atoms with van der Waals surface area (Å²) in [7, 11) is 0. The number of carbonyl (C=O) groups is 3. The second-order valence-corrected chi connectivity index (χ2v) is 11.5. The third kappa shape index (κ3) is 5.50. The van der Waals surface area contributed by atoms with Crippen molar-refractivity contribution in [3.8, 4) is 11.5 Å². The number of carbonyl (C=O) groups excluding carboxylic acids is 2. The van der Waals surface area contributed by atoms with Crippen LogP contribution in [0, 0.1) is 11.7 Å². The summed E-state index contributed by atoms with van der Waals surface area (Å²) in [6, 6.07) is 15.5. The summed E-state index contributed by atoms with van der Waals surface area (Å²) < 4.78 is 25.7. The van der Waals surface area contributed by atoms with Gasteiger partial charge in [0.15, 0.2) is 11.6 Å². The Balaban J connectivity index is 1.35. The number of aliphatic carboxylic acids is 1. The number of fused-ring (bicyclic) bond motifs is 1. The molecule has 3 aliphatic rings. The maximum Gasteiger partial charge on any atom is 0.309 e. The van der Waals surface area contributed by atoms with Gasteiger partial charge in [0.25, 0.3) is 0 Å². The number of ether oxygens (including phenoxy) is 2. The molecule has 1 unspecified atom stereocenters. The Morgan fingerprint density at radius 1 is 1.02 bits per heavy atom. The molecule has 9 nitrogen and oxygen atoms in total. The van der Waals surface area contributed by atoms with Crippen LogP contribution in [-0.4, -0.2) is 54.2 Å². The maximum atomic E-state index is 15.0. The molecule has 2 fully saturated rings. The monoisotopic (exact) mass is 601 g/mol. The van der Waals surface area contributed by atoms with Crippen molar-refractivity contribution < 1.29 is 33.4 Å². The fraction of sp³-hybridized carbons (Fsp3) is 0.382. The first-order chi connectivity index (χ1) is 21.3. The molecule has 0 radical (unpaired) electrons. The highest BCUT2D eigenvalue weighted by atomic mass is 19.1. The summed E-state index contributed by atoms with van der Waals surface area (Å²) in [6.45, 7) is 4.74. The molecule has 3 atom stereocenters. The van der Waals surface area contributed by atoms with Crippen molar-refractivity contribution in [1.29, 1.82) is 0 Å². The van der Waals surface area contributed by atoms with Gasteiger partial charge in [-0.05, 0) is 65.8 Å². The number of carboxylic acid groups (broad SMARTS) is 1. The molecule has 2 saturated heterocycles. The number of nitrogens with zero attached hydrogens (tertiary/aromatic N) is 2. The summed E-state index contributed by atoms with van der Waals surface area (Å²) in [5, 5.41) is 13.7. The Morgan fingerprint density at radius 3 is 2.39 bits per heavy atom. The molecule has 3 aromatic carbocycles. The number of carboxylic acids is 1. The second-order valence-electron chi connectivity index (χ2n) is 11.5. The van der Waals surface area contributed by atoms with Crippen molar-refractivity contribution in [3.63, 3.8) is 0 Å². The lowest BCUT2D eigenvalue weighted by Crippen LogP contribution is -2.35. The van der Waals surface area contributed by atoms with Crippen LogP contribution < -0.4 is 19.7 Å². The lowest BCUT2D eigenvalue weighted by atomic mass is 9.82. The van der Waals surface area contributed by atoms with Crippen LogP contribution in [0.1, 0.15) is 60.9 Å². The molecule has 44 heavy (non-hydrogen) atoms. The van der Waals surface area contributed by atoms with Gasteiger partial charge in [-0.1, -0.05) is 44.2 Å². The third-order valence-corrected chi connectivity index (χ3v) is 8.99.